The number of esters is 1. The third-order valence-corrected chi connectivity index (χ3v) is 4.42. The normalized spacial score (nSPS) is 9.93. The first-order valence-corrected chi connectivity index (χ1v) is 9.33. The molecule has 0 radical (unpaired) electrons. The number of hydrogen-bond acceptors (Lipinski definition) is 2. The Balaban J connectivity index is 1.43. The van der Waals surface area contributed by atoms with Crippen LogP contribution in [0.2, 0.25) is 0 Å². The van der Waals surface area contributed by atoms with Gasteiger partial charge in [0.25, 0.3) is 0 Å². The highest BCUT2D eigenvalue weighted by Gasteiger charge is 2.07. The molecule has 4 aromatic carbocycles. The Bertz CT molecular complexity index is 1150. The van der Waals surface area contributed by atoms with Crippen molar-refractivity contribution in [3.05, 3.63) is 126 Å². The van der Waals surface area contributed by atoms with E-state index in [4.69, 9.17) is 4.74 Å². The molecule has 4 aromatic rings. The third-order valence-electron chi connectivity index (χ3n) is 4.42. The van der Waals surface area contributed by atoms with E-state index in [9.17, 15) is 4.79 Å². The highest BCUT2D eigenvalue weighted by molar-refractivity contribution is 5.91. The highest BCUT2D eigenvalue weighted by atomic mass is 16.5. The summed E-state index contributed by atoms with van der Waals surface area (Å²) in [5.74, 6) is 6.44. The zero-order chi connectivity index (χ0) is 19.9. The number of rotatable bonds is 3. The van der Waals surface area contributed by atoms with Crippen LogP contribution in [0.3, 0.4) is 0 Å². The predicted molar refractivity (Wildman–Crippen MR) is 116 cm³/mol. The molecule has 0 aliphatic carbocycles. The van der Waals surface area contributed by atoms with Gasteiger partial charge in [0.2, 0.25) is 0 Å². The predicted octanol–water partition coefficient (Wildman–Crippen LogP) is 5.97. The molecule has 0 N–H and O–H groups in total. The molecule has 0 atom stereocenters. The molecule has 2 heteroatoms. The molecule has 138 valence electrons. The van der Waals surface area contributed by atoms with Gasteiger partial charge in [-0.15, -0.1) is 0 Å². The lowest BCUT2D eigenvalue weighted by Crippen LogP contribution is -2.08. The Morgan fingerprint density at radius 2 is 1.03 bits per heavy atom. The summed E-state index contributed by atoms with van der Waals surface area (Å²) in [6.07, 6.45) is 0. The second kappa shape index (κ2) is 8.73. The van der Waals surface area contributed by atoms with E-state index in [1.165, 1.54) is 5.56 Å². The number of carbonyl (C=O) groups excluding carboxylic acids is 1. The van der Waals surface area contributed by atoms with E-state index in [0.29, 0.717) is 11.3 Å². The molecule has 2 nitrogen and oxygen atoms in total. The van der Waals surface area contributed by atoms with Gasteiger partial charge in [-0.25, -0.2) is 4.79 Å². The van der Waals surface area contributed by atoms with Gasteiger partial charge < -0.3 is 4.74 Å². The molecule has 0 fully saturated rings. The number of para-hydroxylation sites is 1. The van der Waals surface area contributed by atoms with E-state index < -0.39 is 0 Å². The average Bonchev–Trinajstić information content (AvgIpc) is 2.80. The summed E-state index contributed by atoms with van der Waals surface area (Å²) in [7, 11) is 0. The maximum absolute atomic E-state index is 12.2. The number of ether oxygens (including phenoxy) is 1. The lowest BCUT2D eigenvalue weighted by molar-refractivity contribution is 0.0735. The van der Waals surface area contributed by atoms with Crippen LogP contribution in [0.1, 0.15) is 21.5 Å². The van der Waals surface area contributed by atoms with Crippen LogP contribution >= 0.6 is 0 Å². The third kappa shape index (κ3) is 4.80. The molecule has 0 saturated heterocycles. The summed E-state index contributed by atoms with van der Waals surface area (Å²) in [6, 6.07) is 34.6. The molecular weight excluding hydrogens is 356 g/mol. The molecule has 0 spiro atoms. The van der Waals surface area contributed by atoms with Crippen molar-refractivity contribution in [3.8, 4) is 28.7 Å². The topological polar surface area (TPSA) is 26.3 Å². The van der Waals surface area contributed by atoms with Gasteiger partial charge >= 0.3 is 5.97 Å². The van der Waals surface area contributed by atoms with Crippen molar-refractivity contribution in [1.29, 1.82) is 0 Å². The van der Waals surface area contributed by atoms with Crippen LogP contribution in [0.25, 0.3) is 11.1 Å². The molecule has 0 aromatic heterocycles. The molecule has 0 bridgehead atoms. The monoisotopic (exact) mass is 374 g/mol. The van der Waals surface area contributed by atoms with Gasteiger partial charge in [-0.2, -0.15) is 0 Å². The summed E-state index contributed by atoms with van der Waals surface area (Å²) in [4.78, 5) is 12.2. The van der Waals surface area contributed by atoms with Gasteiger partial charge in [-0.1, -0.05) is 72.5 Å². The standard InChI is InChI=1S/C27H18O2/c28-27(29-26-9-5-2-6-10-26)25-19-15-22(16-20-25)12-11-21-13-17-24(18-14-21)23-7-3-1-4-8-23/h1-10,13-20H. The van der Waals surface area contributed by atoms with E-state index in [1.54, 1.807) is 24.3 Å². The Morgan fingerprint density at radius 3 is 1.62 bits per heavy atom. The Hall–Kier alpha value is -4.09. The van der Waals surface area contributed by atoms with Gasteiger partial charge in [0, 0.05) is 11.1 Å². The zero-order valence-corrected chi connectivity index (χ0v) is 15.7. The van der Waals surface area contributed by atoms with Gasteiger partial charge in [0.15, 0.2) is 0 Å². The van der Waals surface area contributed by atoms with E-state index in [2.05, 4.69) is 36.1 Å². The Kier molecular flexibility index (Phi) is 5.50. The van der Waals surface area contributed by atoms with E-state index in [0.717, 1.165) is 16.7 Å². The Labute approximate surface area is 170 Å². The molecule has 0 amide bonds. The van der Waals surface area contributed by atoms with Crippen molar-refractivity contribution < 1.29 is 9.53 Å². The van der Waals surface area contributed by atoms with Crippen LogP contribution in [0.15, 0.2) is 109 Å². The first-order chi connectivity index (χ1) is 14.3. The van der Waals surface area contributed by atoms with E-state index >= 15 is 0 Å². The molecule has 29 heavy (non-hydrogen) atoms. The molecular formula is C27H18O2. The molecule has 4 rings (SSSR count). The maximum atomic E-state index is 12.2. The van der Waals surface area contributed by atoms with Gasteiger partial charge in [0.1, 0.15) is 5.75 Å². The van der Waals surface area contributed by atoms with E-state index in [-0.39, 0.29) is 5.97 Å². The molecule has 0 saturated carbocycles. The van der Waals surface area contributed by atoms with Gasteiger partial charge in [-0.05, 0) is 59.7 Å². The van der Waals surface area contributed by atoms with Crippen molar-refractivity contribution in [3.63, 3.8) is 0 Å². The highest BCUT2D eigenvalue weighted by Crippen LogP contribution is 2.19. The van der Waals surface area contributed by atoms with Crippen LogP contribution in [0.4, 0.5) is 0 Å². The van der Waals surface area contributed by atoms with Crippen molar-refractivity contribution in [2.75, 3.05) is 0 Å². The second-order valence-corrected chi connectivity index (χ2v) is 6.47. The minimum Gasteiger partial charge on any atom is -0.423 e. The van der Waals surface area contributed by atoms with Crippen LogP contribution in [0, 0.1) is 11.8 Å². The molecule has 0 unspecified atom stereocenters. The van der Waals surface area contributed by atoms with Crippen LogP contribution in [0.5, 0.6) is 5.75 Å². The van der Waals surface area contributed by atoms with Crippen molar-refractivity contribution >= 4 is 5.97 Å². The maximum Gasteiger partial charge on any atom is 0.343 e. The van der Waals surface area contributed by atoms with Crippen molar-refractivity contribution in [1.82, 2.24) is 0 Å². The fourth-order valence-electron chi connectivity index (χ4n) is 2.87. The smallest absolute Gasteiger partial charge is 0.343 e. The number of benzene rings is 4. The first-order valence-electron chi connectivity index (χ1n) is 9.33. The SMILES string of the molecule is O=C(Oc1ccccc1)c1ccc(C#Cc2ccc(-c3ccccc3)cc2)cc1. The molecule has 0 heterocycles. The first kappa shape index (κ1) is 18.3. The summed E-state index contributed by atoms with van der Waals surface area (Å²) < 4.78 is 5.34. The van der Waals surface area contributed by atoms with E-state index in [1.807, 2.05) is 60.7 Å². The zero-order valence-electron chi connectivity index (χ0n) is 15.7. The van der Waals surface area contributed by atoms with Crippen LogP contribution in [-0.2, 0) is 0 Å². The van der Waals surface area contributed by atoms with Crippen molar-refractivity contribution in [2.24, 2.45) is 0 Å². The molecule has 0 aliphatic heterocycles. The van der Waals surface area contributed by atoms with Gasteiger partial charge in [0.05, 0.1) is 5.56 Å². The lowest BCUT2D eigenvalue weighted by atomic mass is 10.0. The summed E-state index contributed by atoms with van der Waals surface area (Å²) in [5, 5.41) is 0. The number of hydrogen-bond donors (Lipinski definition) is 0. The van der Waals surface area contributed by atoms with Crippen LogP contribution in [-0.4, -0.2) is 5.97 Å². The fourth-order valence-corrected chi connectivity index (χ4v) is 2.87. The molecule has 0 aliphatic rings. The fraction of sp³-hybridized carbons (Fsp3) is 0. The Morgan fingerprint density at radius 1 is 0.552 bits per heavy atom. The minimum absolute atomic E-state index is 0.382. The largest absolute Gasteiger partial charge is 0.423 e. The van der Waals surface area contributed by atoms with Gasteiger partial charge in [-0.3, -0.25) is 0 Å². The lowest BCUT2D eigenvalue weighted by Gasteiger charge is -2.03. The quantitative estimate of drug-likeness (QED) is 0.251. The summed E-state index contributed by atoms with van der Waals surface area (Å²) in [6.45, 7) is 0. The summed E-state index contributed by atoms with van der Waals surface area (Å²) in [5.41, 5.74) is 4.62. The second-order valence-electron chi connectivity index (χ2n) is 6.47. The average molecular weight is 374 g/mol. The minimum atomic E-state index is -0.382. The number of carbonyl (C=O) groups is 1. The van der Waals surface area contributed by atoms with Crippen molar-refractivity contribution in [2.45, 2.75) is 0 Å². The summed E-state index contributed by atoms with van der Waals surface area (Å²) >= 11 is 0. The van der Waals surface area contributed by atoms with Crippen LogP contribution < -0.4 is 4.74 Å².